The Morgan fingerprint density at radius 1 is 1.12 bits per heavy atom. The van der Waals surface area contributed by atoms with Gasteiger partial charge >= 0.3 is 0 Å². The Hall–Kier alpha value is -2.57. The van der Waals surface area contributed by atoms with Gasteiger partial charge in [0.05, 0.1) is 24.5 Å². The summed E-state index contributed by atoms with van der Waals surface area (Å²) < 4.78 is 15.4. The second-order valence-electron chi connectivity index (χ2n) is 6.33. The van der Waals surface area contributed by atoms with E-state index in [4.69, 9.17) is 5.10 Å². The molecular formula is C19H19FN4O. The summed E-state index contributed by atoms with van der Waals surface area (Å²) >= 11 is 0. The van der Waals surface area contributed by atoms with E-state index in [2.05, 4.69) is 16.9 Å². The molecule has 1 aliphatic rings. The lowest BCUT2D eigenvalue weighted by molar-refractivity contribution is 0.259. The summed E-state index contributed by atoms with van der Waals surface area (Å²) in [5.74, 6) is -0.263. The topological polar surface area (TPSA) is 54.2 Å². The average Bonchev–Trinajstić information content (AvgIpc) is 3.01. The third kappa shape index (κ3) is 2.94. The van der Waals surface area contributed by atoms with Crippen LogP contribution in [-0.2, 0) is 19.7 Å². The van der Waals surface area contributed by atoms with Gasteiger partial charge in [-0.25, -0.2) is 4.39 Å². The Kier molecular flexibility index (Phi) is 4.07. The predicted molar refractivity (Wildman–Crippen MR) is 93.1 cm³/mol. The molecule has 5 nitrogen and oxygen atoms in total. The van der Waals surface area contributed by atoms with E-state index in [1.54, 1.807) is 18.3 Å². The lowest BCUT2D eigenvalue weighted by Gasteiger charge is -2.24. The number of hydrogen-bond acceptors (Lipinski definition) is 4. The molecule has 0 atom stereocenters. The van der Waals surface area contributed by atoms with E-state index in [0.717, 1.165) is 47.7 Å². The van der Waals surface area contributed by atoms with Gasteiger partial charge in [-0.15, -0.1) is 0 Å². The van der Waals surface area contributed by atoms with Crippen molar-refractivity contribution >= 4 is 0 Å². The number of likely N-dealkylation sites (N-methyl/N-ethyl adjacent to an activating group) is 1. The van der Waals surface area contributed by atoms with Crippen LogP contribution in [-0.4, -0.2) is 38.4 Å². The van der Waals surface area contributed by atoms with Crippen LogP contribution in [0.3, 0.4) is 0 Å². The molecule has 25 heavy (non-hydrogen) atoms. The molecule has 0 aliphatic carbocycles. The lowest BCUT2D eigenvalue weighted by atomic mass is 9.98. The third-order valence-corrected chi connectivity index (χ3v) is 4.56. The first-order valence-corrected chi connectivity index (χ1v) is 8.26. The SMILES string of the molecule is CN1CCn2nc(-c3ccc(F)cc3)c(-c3ccnc(CO)c3)c2C1. The van der Waals surface area contributed by atoms with Crippen molar-refractivity contribution in [3.8, 4) is 22.4 Å². The number of halogens is 1. The molecular weight excluding hydrogens is 319 g/mol. The molecule has 0 fully saturated rings. The van der Waals surface area contributed by atoms with E-state index in [-0.39, 0.29) is 12.4 Å². The van der Waals surface area contributed by atoms with Gasteiger partial charge in [0, 0.05) is 30.4 Å². The Bertz CT molecular complexity index is 904. The summed E-state index contributed by atoms with van der Waals surface area (Å²) in [6, 6.07) is 10.2. The molecule has 0 saturated heterocycles. The maximum atomic E-state index is 13.3. The van der Waals surface area contributed by atoms with Crippen molar-refractivity contribution in [2.75, 3.05) is 13.6 Å². The summed E-state index contributed by atoms with van der Waals surface area (Å²) in [6.07, 6.45) is 1.70. The first-order valence-electron chi connectivity index (χ1n) is 8.26. The summed E-state index contributed by atoms with van der Waals surface area (Å²) in [6.45, 7) is 2.44. The summed E-state index contributed by atoms with van der Waals surface area (Å²) in [7, 11) is 2.09. The van der Waals surface area contributed by atoms with Crippen molar-refractivity contribution in [3.63, 3.8) is 0 Å². The minimum absolute atomic E-state index is 0.108. The number of rotatable bonds is 3. The van der Waals surface area contributed by atoms with Crippen LogP contribution in [0.25, 0.3) is 22.4 Å². The maximum Gasteiger partial charge on any atom is 0.123 e. The number of nitrogens with zero attached hydrogens (tertiary/aromatic N) is 4. The Labute approximate surface area is 145 Å². The number of benzene rings is 1. The van der Waals surface area contributed by atoms with Gasteiger partial charge in [-0.2, -0.15) is 5.10 Å². The van der Waals surface area contributed by atoms with Gasteiger partial charge in [-0.05, 0) is 49.0 Å². The molecule has 0 unspecified atom stereocenters. The maximum absolute atomic E-state index is 13.3. The molecule has 0 spiro atoms. The molecule has 1 aliphatic heterocycles. The van der Waals surface area contributed by atoms with E-state index in [1.807, 2.05) is 16.8 Å². The zero-order valence-electron chi connectivity index (χ0n) is 14.0. The number of hydrogen-bond donors (Lipinski definition) is 1. The number of aliphatic hydroxyl groups excluding tert-OH is 1. The van der Waals surface area contributed by atoms with E-state index < -0.39 is 0 Å². The van der Waals surface area contributed by atoms with Gasteiger partial charge in [-0.3, -0.25) is 14.6 Å². The molecule has 4 rings (SSSR count). The van der Waals surface area contributed by atoms with E-state index in [1.165, 1.54) is 12.1 Å². The van der Waals surface area contributed by atoms with Gasteiger partial charge in [-0.1, -0.05) is 0 Å². The second kappa shape index (κ2) is 6.38. The molecule has 2 aromatic heterocycles. The molecule has 128 valence electrons. The van der Waals surface area contributed by atoms with Crippen molar-refractivity contribution in [2.45, 2.75) is 19.7 Å². The number of pyridine rings is 1. The zero-order valence-corrected chi connectivity index (χ0v) is 14.0. The fourth-order valence-electron chi connectivity index (χ4n) is 3.28. The van der Waals surface area contributed by atoms with Crippen LogP contribution in [0.5, 0.6) is 0 Å². The highest BCUT2D eigenvalue weighted by Gasteiger charge is 2.24. The van der Waals surface area contributed by atoms with Crippen LogP contribution >= 0.6 is 0 Å². The van der Waals surface area contributed by atoms with Crippen LogP contribution < -0.4 is 0 Å². The highest BCUT2D eigenvalue weighted by molar-refractivity contribution is 5.83. The fraction of sp³-hybridized carbons (Fsp3) is 0.263. The third-order valence-electron chi connectivity index (χ3n) is 4.56. The number of aromatic nitrogens is 3. The van der Waals surface area contributed by atoms with E-state index in [9.17, 15) is 9.50 Å². The van der Waals surface area contributed by atoms with Crippen LogP contribution in [0.1, 0.15) is 11.4 Å². The number of aliphatic hydroxyl groups is 1. The Morgan fingerprint density at radius 3 is 2.68 bits per heavy atom. The van der Waals surface area contributed by atoms with Crippen molar-refractivity contribution in [1.82, 2.24) is 19.7 Å². The average molecular weight is 338 g/mol. The molecule has 1 N–H and O–H groups in total. The second-order valence-corrected chi connectivity index (χ2v) is 6.33. The molecule has 6 heteroatoms. The van der Waals surface area contributed by atoms with Crippen molar-refractivity contribution < 1.29 is 9.50 Å². The Morgan fingerprint density at radius 2 is 1.92 bits per heavy atom. The van der Waals surface area contributed by atoms with E-state index >= 15 is 0 Å². The van der Waals surface area contributed by atoms with Crippen molar-refractivity contribution in [1.29, 1.82) is 0 Å². The molecule has 0 amide bonds. The predicted octanol–water partition coefficient (Wildman–Crippen LogP) is 2.69. The molecule has 1 aromatic carbocycles. The molecule has 3 aromatic rings. The van der Waals surface area contributed by atoms with Gasteiger partial charge in [0.2, 0.25) is 0 Å². The van der Waals surface area contributed by atoms with Crippen LogP contribution in [0.4, 0.5) is 4.39 Å². The summed E-state index contributed by atoms with van der Waals surface area (Å²) in [4.78, 5) is 6.42. The monoisotopic (exact) mass is 338 g/mol. The Balaban J connectivity index is 1.93. The molecule has 0 radical (unpaired) electrons. The van der Waals surface area contributed by atoms with Gasteiger partial charge in [0.1, 0.15) is 11.5 Å². The van der Waals surface area contributed by atoms with Gasteiger partial charge < -0.3 is 5.11 Å². The van der Waals surface area contributed by atoms with Crippen LogP contribution in [0.15, 0.2) is 42.6 Å². The first kappa shape index (κ1) is 15.9. The van der Waals surface area contributed by atoms with E-state index in [0.29, 0.717) is 5.69 Å². The molecule has 3 heterocycles. The zero-order chi connectivity index (χ0) is 17.4. The first-order chi connectivity index (χ1) is 12.2. The highest BCUT2D eigenvalue weighted by Crippen LogP contribution is 2.36. The van der Waals surface area contributed by atoms with Crippen LogP contribution in [0, 0.1) is 5.82 Å². The van der Waals surface area contributed by atoms with Crippen molar-refractivity contribution in [2.24, 2.45) is 0 Å². The minimum atomic E-state index is -0.263. The highest BCUT2D eigenvalue weighted by atomic mass is 19.1. The van der Waals surface area contributed by atoms with Gasteiger partial charge in [0.25, 0.3) is 0 Å². The fourth-order valence-corrected chi connectivity index (χ4v) is 3.28. The standard InChI is InChI=1S/C19H19FN4O/c1-23-8-9-24-17(11-23)18(14-6-7-21-16(10-14)12-25)19(22-24)13-2-4-15(20)5-3-13/h2-7,10,25H,8-9,11-12H2,1H3. The lowest BCUT2D eigenvalue weighted by Crippen LogP contribution is -2.30. The molecule has 0 saturated carbocycles. The number of fused-ring (bicyclic) bond motifs is 1. The van der Waals surface area contributed by atoms with Crippen molar-refractivity contribution in [3.05, 3.63) is 59.8 Å². The largest absolute Gasteiger partial charge is 0.390 e. The quantitative estimate of drug-likeness (QED) is 0.798. The summed E-state index contributed by atoms with van der Waals surface area (Å²) in [5.41, 5.74) is 5.45. The molecule has 0 bridgehead atoms. The van der Waals surface area contributed by atoms with Crippen LogP contribution in [0.2, 0.25) is 0 Å². The normalized spacial score (nSPS) is 14.5. The smallest absolute Gasteiger partial charge is 0.123 e. The summed E-state index contributed by atoms with van der Waals surface area (Å²) in [5, 5.41) is 14.2. The minimum Gasteiger partial charge on any atom is -0.390 e. The van der Waals surface area contributed by atoms with Gasteiger partial charge in [0.15, 0.2) is 0 Å².